The number of benzene rings is 1. The fourth-order valence-corrected chi connectivity index (χ4v) is 3.42. The fourth-order valence-electron chi connectivity index (χ4n) is 2.69. The van der Waals surface area contributed by atoms with Crippen molar-refractivity contribution in [1.29, 1.82) is 0 Å². The average Bonchev–Trinajstić information content (AvgIpc) is 3.52. The van der Waals surface area contributed by atoms with Gasteiger partial charge in [-0.1, -0.05) is 24.3 Å². The van der Waals surface area contributed by atoms with E-state index in [1.807, 2.05) is 54.0 Å². The van der Waals surface area contributed by atoms with Crippen LogP contribution < -0.4 is 10.9 Å². The molecule has 4 rings (SSSR count). The highest BCUT2D eigenvalue weighted by molar-refractivity contribution is 7.13. The Labute approximate surface area is 170 Å². The second-order valence-electron chi connectivity index (χ2n) is 6.05. The summed E-state index contributed by atoms with van der Waals surface area (Å²) in [7, 11) is 0. The van der Waals surface area contributed by atoms with Gasteiger partial charge in [0, 0.05) is 24.0 Å². The molecule has 0 radical (unpaired) electrons. The lowest BCUT2D eigenvalue weighted by molar-refractivity contribution is -0.117. The molecule has 0 bridgehead atoms. The van der Waals surface area contributed by atoms with Crippen molar-refractivity contribution in [2.45, 2.75) is 0 Å². The molecule has 0 fully saturated rings. The quantitative estimate of drug-likeness (QED) is 0.352. The van der Waals surface area contributed by atoms with Gasteiger partial charge in [-0.25, -0.2) is 4.68 Å². The van der Waals surface area contributed by atoms with Crippen LogP contribution in [-0.4, -0.2) is 26.6 Å². The Bertz CT molecular complexity index is 1130. The van der Waals surface area contributed by atoms with Crippen LogP contribution in [-0.2, 0) is 4.79 Å². The molecule has 8 heteroatoms. The highest BCUT2D eigenvalue weighted by Crippen LogP contribution is 2.28. The summed E-state index contributed by atoms with van der Waals surface area (Å²) in [6.45, 7) is 0. The largest absolute Gasteiger partial charge is 0.357 e. The molecule has 7 nitrogen and oxygen atoms in total. The maximum absolute atomic E-state index is 12.1. The SMILES string of the molecule is O=C(C=Cc1cn(-c2ccccc2)nc1-c1cccs1)NNC(=O)c1ccc[nH]1. The molecule has 0 atom stereocenters. The van der Waals surface area contributed by atoms with Crippen LogP contribution in [0.3, 0.4) is 0 Å². The second kappa shape index (κ2) is 8.41. The molecule has 0 saturated carbocycles. The first-order valence-electron chi connectivity index (χ1n) is 8.81. The summed E-state index contributed by atoms with van der Waals surface area (Å²) >= 11 is 1.57. The third kappa shape index (κ3) is 4.33. The molecule has 0 saturated heterocycles. The number of thiophene rings is 1. The molecule has 0 unspecified atom stereocenters. The molecule has 0 aliphatic heterocycles. The zero-order valence-electron chi connectivity index (χ0n) is 15.2. The number of amides is 2. The zero-order chi connectivity index (χ0) is 20.1. The highest BCUT2D eigenvalue weighted by atomic mass is 32.1. The van der Waals surface area contributed by atoms with Gasteiger partial charge in [0.2, 0.25) is 0 Å². The molecule has 2 amide bonds. The van der Waals surface area contributed by atoms with E-state index in [1.54, 1.807) is 40.4 Å². The van der Waals surface area contributed by atoms with Crippen molar-refractivity contribution < 1.29 is 9.59 Å². The standard InChI is InChI=1S/C21H17N5O2S/c27-19(23-24-21(28)17-8-4-12-22-17)11-10-15-14-26(16-6-2-1-3-7-16)25-20(15)18-9-5-13-29-18/h1-14,22H,(H,23,27)(H,24,28). The number of rotatable bonds is 5. The lowest BCUT2D eigenvalue weighted by Gasteiger charge is -2.03. The third-order valence-corrected chi connectivity index (χ3v) is 4.95. The van der Waals surface area contributed by atoms with Gasteiger partial charge in [0.1, 0.15) is 11.4 Å². The normalized spacial score (nSPS) is 10.9. The lowest BCUT2D eigenvalue weighted by atomic mass is 10.2. The predicted octanol–water partition coefficient (Wildman–Crippen LogP) is 3.40. The van der Waals surface area contributed by atoms with Crippen molar-refractivity contribution in [2.75, 3.05) is 0 Å². The Morgan fingerprint density at radius 3 is 2.62 bits per heavy atom. The number of aromatic nitrogens is 3. The molecular weight excluding hydrogens is 386 g/mol. The van der Waals surface area contributed by atoms with Crippen LogP contribution in [0.5, 0.6) is 0 Å². The van der Waals surface area contributed by atoms with E-state index in [-0.39, 0.29) is 0 Å². The van der Waals surface area contributed by atoms with Crippen molar-refractivity contribution in [3.8, 4) is 16.3 Å². The van der Waals surface area contributed by atoms with E-state index >= 15 is 0 Å². The number of para-hydroxylation sites is 1. The molecule has 3 aromatic heterocycles. The Morgan fingerprint density at radius 1 is 1.03 bits per heavy atom. The monoisotopic (exact) mass is 403 g/mol. The molecule has 3 heterocycles. The first kappa shape index (κ1) is 18.5. The number of hydrogen-bond donors (Lipinski definition) is 3. The van der Waals surface area contributed by atoms with Crippen molar-refractivity contribution >= 4 is 29.2 Å². The Kier molecular flexibility index (Phi) is 5.35. The minimum atomic E-state index is -0.450. The topological polar surface area (TPSA) is 91.8 Å². The highest BCUT2D eigenvalue weighted by Gasteiger charge is 2.12. The van der Waals surface area contributed by atoms with E-state index in [4.69, 9.17) is 0 Å². The first-order valence-corrected chi connectivity index (χ1v) is 9.69. The third-order valence-electron chi connectivity index (χ3n) is 4.07. The molecule has 144 valence electrons. The van der Waals surface area contributed by atoms with Crippen LogP contribution in [0.4, 0.5) is 0 Å². The van der Waals surface area contributed by atoms with Crippen molar-refractivity contribution in [3.63, 3.8) is 0 Å². The van der Waals surface area contributed by atoms with E-state index in [0.29, 0.717) is 5.69 Å². The summed E-state index contributed by atoms with van der Waals surface area (Å²) < 4.78 is 1.78. The van der Waals surface area contributed by atoms with E-state index < -0.39 is 11.8 Å². The molecule has 0 aliphatic carbocycles. The summed E-state index contributed by atoms with van der Waals surface area (Å²) in [6.07, 6.45) is 6.54. The molecule has 4 aromatic rings. The maximum atomic E-state index is 12.1. The van der Waals surface area contributed by atoms with Gasteiger partial charge < -0.3 is 4.98 Å². The number of carbonyl (C=O) groups is 2. The van der Waals surface area contributed by atoms with Crippen molar-refractivity contribution in [3.05, 3.63) is 89.7 Å². The second-order valence-corrected chi connectivity index (χ2v) is 7.00. The minimum absolute atomic E-state index is 0.360. The van der Waals surface area contributed by atoms with Crippen LogP contribution in [0.25, 0.3) is 22.3 Å². The predicted molar refractivity (Wildman–Crippen MR) is 112 cm³/mol. The Morgan fingerprint density at radius 2 is 1.90 bits per heavy atom. The van der Waals surface area contributed by atoms with Gasteiger partial charge in [-0.05, 0) is 41.8 Å². The molecule has 0 spiro atoms. The smallest absolute Gasteiger partial charge is 0.286 e. The summed E-state index contributed by atoms with van der Waals surface area (Å²) in [5.41, 5.74) is 7.58. The van der Waals surface area contributed by atoms with Crippen LogP contribution in [0.15, 0.2) is 78.4 Å². The lowest BCUT2D eigenvalue weighted by Crippen LogP contribution is -2.40. The average molecular weight is 403 g/mol. The molecule has 0 aliphatic rings. The first-order chi connectivity index (χ1) is 14.2. The fraction of sp³-hybridized carbons (Fsp3) is 0. The number of aromatic amines is 1. The van der Waals surface area contributed by atoms with Crippen LogP contribution >= 0.6 is 11.3 Å². The van der Waals surface area contributed by atoms with Crippen LogP contribution in [0, 0.1) is 0 Å². The number of carbonyl (C=O) groups excluding carboxylic acids is 2. The molecule has 3 N–H and O–H groups in total. The number of hydrazine groups is 1. The van der Waals surface area contributed by atoms with Gasteiger partial charge in [-0.2, -0.15) is 5.10 Å². The number of H-pyrrole nitrogens is 1. The van der Waals surface area contributed by atoms with Gasteiger partial charge in [-0.3, -0.25) is 20.4 Å². The van der Waals surface area contributed by atoms with Gasteiger partial charge in [0.25, 0.3) is 11.8 Å². The Balaban J connectivity index is 1.51. The summed E-state index contributed by atoms with van der Waals surface area (Å²) in [5, 5.41) is 6.66. The molecule has 29 heavy (non-hydrogen) atoms. The van der Waals surface area contributed by atoms with E-state index in [9.17, 15) is 9.59 Å². The van der Waals surface area contributed by atoms with E-state index in [0.717, 1.165) is 21.8 Å². The Hall–Kier alpha value is -3.91. The van der Waals surface area contributed by atoms with Crippen LogP contribution in [0.1, 0.15) is 16.1 Å². The summed E-state index contributed by atoms with van der Waals surface area (Å²) in [6, 6.07) is 17.0. The van der Waals surface area contributed by atoms with Crippen LogP contribution in [0.2, 0.25) is 0 Å². The van der Waals surface area contributed by atoms with Crippen molar-refractivity contribution in [1.82, 2.24) is 25.6 Å². The molecular formula is C21H17N5O2S. The van der Waals surface area contributed by atoms with E-state index in [2.05, 4.69) is 20.9 Å². The number of hydrogen-bond acceptors (Lipinski definition) is 4. The number of nitrogens with zero attached hydrogens (tertiary/aromatic N) is 2. The minimum Gasteiger partial charge on any atom is -0.357 e. The van der Waals surface area contributed by atoms with Gasteiger partial charge in [-0.15, -0.1) is 11.3 Å². The van der Waals surface area contributed by atoms with E-state index in [1.165, 1.54) is 6.08 Å². The summed E-state index contributed by atoms with van der Waals surface area (Å²) in [5.74, 6) is -0.873. The van der Waals surface area contributed by atoms with Crippen molar-refractivity contribution in [2.24, 2.45) is 0 Å². The summed E-state index contributed by atoms with van der Waals surface area (Å²) in [4.78, 5) is 27.7. The zero-order valence-corrected chi connectivity index (χ0v) is 16.0. The van der Waals surface area contributed by atoms with Gasteiger partial charge >= 0.3 is 0 Å². The van der Waals surface area contributed by atoms with Gasteiger partial charge in [0.15, 0.2) is 0 Å². The number of nitrogens with one attached hydrogen (secondary N) is 3. The van der Waals surface area contributed by atoms with Gasteiger partial charge in [0.05, 0.1) is 10.6 Å². The maximum Gasteiger partial charge on any atom is 0.286 e. The molecule has 1 aromatic carbocycles.